The molecule has 9 nitrogen and oxygen atoms in total. The molecule has 12 heteroatoms. The van der Waals surface area contributed by atoms with Crippen LogP contribution in [0.1, 0.15) is 39.1 Å². The average Bonchev–Trinajstić information content (AvgIpc) is 2.85. The summed E-state index contributed by atoms with van der Waals surface area (Å²) >= 11 is 12.3. The standard InChI is InChI=1S/C23H24Cl2N2O7S/c1-33-22(29)15-9-16(23(30)34-2)11-17(10-15)26-21(28)14-5-4-8-27(12-14)35(31,32)13-18-19(24)6-3-7-20(18)25/h3,6-7,9-11,14H,4-5,8,12-13H2,1-2H3,(H,26,28). The molecule has 2 aromatic carbocycles. The lowest BCUT2D eigenvalue weighted by Gasteiger charge is -2.31. The molecular weight excluding hydrogens is 519 g/mol. The second kappa shape index (κ2) is 11.4. The van der Waals surface area contributed by atoms with Crippen LogP contribution in [-0.2, 0) is 30.0 Å². The van der Waals surface area contributed by atoms with Crippen molar-refractivity contribution in [2.45, 2.75) is 18.6 Å². The Bertz CT molecular complexity index is 1200. The molecule has 1 unspecified atom stereocenters. The number of sulfonamides is 1. The number of nitrogens with one attached hydrogen (secondary N) is 1. The predicted molar refractivity (Wildman–Crippen MR) is 131 cm³/mol. The Hall–Kier alpha value is -2.66. The van der Waals surface area contributed by atoms with Crippen LogP contribution in [0.3, 0.4) is 0 Å². The van der Waals surface area contributed by atoms with Gasteiger partial charge in [-0.1, -0.05) is 29.3 Å². The molecule has 0 aromatic heterocycles. The summed E-state index contributed by atoms with van der Waals surface area (Å²) in [6.07, 6.45) is 0.939. The fraction of sp³-hybridized carbons (Fsp3) is 0.348. The molecule has 35 heavy (non-hydrogen) atoms. The first-order valence-corrected chi connectivity index (χ1v) is 13.0. The van der Waals surface area contributed by atoms with E-state index < -0.39 is 33.8 Å². The summed E-state index contributed by atoms with van der Waals surface area (Å²) in [6.45, 7) is 0.231. The Kier molecular flexibility index (Phi) is 8.76. The van der Waals surface area contributed by atoms with Gasteiger partial charge >= 0.3 is 11.9 Å². The predicted octanol–water partition coefficient (Wildman–Crippen LogP) is 3.75. The number of hydrogen-bond donors (Lipinski definition) is 1. The molecule has 0 bridgehead atoms. The number of anilines is 1. The molecule has 1 amide bonds. The van der Waals surface area contributed by atoms with Crippen molar-refractivity contribution in [1.29, 1.82) is 0 Å². The maximum Gasteiger partial charge on any atom is 0.337 e. The van der Waals surface area contributed by atoms with Gasteiger partial charge in [0.2, 0.25) is 15.9 Å². The molecule has 2 aromatic rings. The van der Waals surface area contributed by atoms with Crippen molar-refractivity contribution in [3.05, 3.63) is 63.1 Å². The molecule has 0 radical (unpaired) electrons. The summed E-state index contributed by atoms with van der Waals surface area (Å²) in [5, 5.41) is 3.17. The maximum absolute atomic E-state index is 13.1. The van der Waals surface area contributed by atoms with Crippen LogP contribution in [0.15, 0.2) is 36.4 Å². The number of rotatable bonds is 7. The van der Waals surface area contributed by atoms with Crippen molar-refractivity contribution in [3.8, 4) is 0 Å². The van der Waals surface area contributed by atoms with Crippen molar-refractivity contribution < 1.29 is 32.3 Å². The molecule has 0 aliphatic carbocycles. The second-order valence-electron chi connectivity index (χ2n) is 7.93. The molecule has 3 rings (SSSR count). The number of methoxy groups -OCH3 is 2. The van der Waals surface area contributed by atoms with E-state index in [0.29, 0.717) is 18.4 Å². The average molecular weight is 543 g/mol. The first-order chi connectivity index (χ1) is 16.6. The monoisotopic (exact) mass is 542 g/mol. The number of halogens is 2. The Labute approximate surface area is 213 Å². The minimum Gasteiger partial charge on any atom is -0.465 e. The van der Waals surface area contributed by atoms with Crippen molar-refractivity contribution in [3.63, 3.8) is 0 Å². The van der Waals surface area contributed by atoms with Gasteiger partial charge in [0, 0.05) is 34.4 Å². The van der Waals surface area contributed by atoms with Crippen molar-refractivity contribution in [2.75, 3.05) is 32.6 Å². The quantitative estimate of drug-likeness (QED) is 0.529. The third kappa shape index (κ3) is 6.52. The van der Waals surface area contributed by atoms with Gasteiger partial charge in [-0.2, -0.15) is 0 Å². The van der Waals surface area contributed by atoms with E-state index >= 15 is 0 Å². The van der Waals surface area contributed by atoms with Gasteiger partial charge in [-0.05, 0) is 43.2 Å². The van der Waals surface area contributed by atoms with Crippen LogP contribution in [0.5, 0.6) is 0 Å². The van der Waals surface area contributed by atoms with E-state index in [1.165, 1.54) is 36.7 Å². The SMILES string of the molecule is COC(=O)c1cc(NC(=O)C2CCCN(S(=O)(=O)Cc3c(Cl)cccc3Cl)C2)cc(C(=O)OC)c1. The largest absolute Gasteiger partial charge is 0.465 e. The summed E-state index contributed by atoms with van der Waals surface area (Å²) in [5.41, 5.74) is 0.587. The fourth-order valence-electron chi connectivity index (χ4n) is 3.77. The van der Waals surface area contributed by atoms with Crippen LogP contribution in [0.2, 0.25) is 10.0 Å². The number of benzene rings is 2. The zero-order valence-corrected chi connectivity index (χ0v) is 21.4. The van der Waals surface area contributed by atoms with Crippen molar-refractivity contribution in [2.24, 2.45) is 5.92 Å². The van der Waals surface area contributed by atoms with Crippen LogP contribution in [0, 0.1) is 5.92 Å². The van der Waals surface area contributed by atoms with Gasteiger partial charge in [-0.3, -0.25) is 4.79 Å². The third-order valence-electron chi connectivity index (χ3n) is 5.58. The second-order valence-corrected chi connectivity index (χ2v) is 10.7. The van der Waals surface area contributed by atoms with E-state index in [4.69, 9.17) is 32.7 Å². The zero-order chi connectivity index (χ0) is 25.8. The smallest absolute Gasteiger partial charge is 0.337 e. The number of amides is 1. The van der Waals surface area contributed by atoms with Crippen molar-refractivity contribution in [1.82, 2.24) is 4.31 Å². The van der Waals surface area contributed by atoms with E-state index in [9.17, 15) is 22.8 Å². The maximum atomic E-state index is 13.1. The third-order valence-corrected chi connectivity index (χ3v) is 8.06. The molecule has 0 saturated carbocycles. The molecule has 1 heterocycles. The first-order valence-electron chi connectivity index (χ1n) is 10.6. The molecule has 1 N–H and O–H groups in total. The fourth-order valence-corrected chi connectivity index (χ4v) is 6.13. The minimum atomic E-state index is -3.80. The minimum absolute atomic E-state index is 0.0310. The normalized spacial score (nSPS) is 16.4. The highest BCUT2D eigenvalue weighted by atomic mass is 35.5. The Morgan fingerprint density at radius 1 is 1.03 bits per heavy atom. The molecule has 1 atom stereocenters. The molecule has 1 saturated heterocycles. The topological polar surface area (TPSA) is 119 Å². The number of carbonyl (C=O) groups is 3. The number of ether oxygens (including phenoxy) is 2. The highest BCUT2D eigenvalue weighted by Crippen LogP contribution is 2.29. The van der Waals surface area contributed by atoms with Gasteiger partial charge in [0.05, 0.1) is 37.0 Å². The highest BCUT2D eigenvalue weighted by Gasteiger charge is 2.33. The molecular formula is C23H24Cl2N2O7S. The van der Waals surface area contributed by atoms with Crippen LogP contribution < -0.4 is 5.32 Å². The Balaban J connectivity index is 1.77. The zero-order valence-electron chi connectivity index (χ0n) is 19.0. The van der Waals surface area contributed by atoms with Gasteiger partial charge in [0.1, 0.15) is 0 Å². The lowest BCUT2D eigenvalue weighted by molar-refractivity contribution is -0.120. The lowest BCUT2D eigenvalue weighted by Crippen LogP contribution is -2.44. The van der Waals surface area contributed by atoms with Gasteiger partial charge in [-0.15, -0.1) is 0 Å². The molecule has 1 fully saturated rings. The summed E-state index contributed by atoms with van der Waals surface area (Å²) < 4.78 is 36.8. The van der Waals surface area contributed by atoms with Gasteiger partial charge in [-0.25, -0.2) is 22.3 Å². The number of piperidine rings is 1. The Morgan fingerprint density at radius 2 is 1.60 bits per heavy atom. The number of carbonyl (C=O) groups excluding carboxylic acids is 3. The molecule has 0 spiro atoms. The first kappa shape index (κ1) is 26.9. The molecule has 1 aliphatic heterocycles. The van der Waals surface area contributed by atoms with Crippen LogP contribution in [-0.4, -0.2) is 57.9 Å². The highest BCUT2D eigenvalue weighted by molar-refractivity contribution is 7.88. The van der Waals surface area contributed by atoms with E-state index in [2.05, 4.69) is 5.32 Å². The molecule has 1 aliphatic rings. The lowest BCUT2D eigenvalue weighted by atomic mass is 9.98. The van der Waals surface area contributed by atoms with Crippen LogP contribution in [0.4, 0.5) is 5.69 Å². The van der Waals surface area contributed by atoms with Crippen LogP contribution in [0.25, 0.3) is 0 Å². The summed E-state index contributed by atoms with van der Waals surface area (Å²) in [4.78, 5) is 37.0. The van der Waals surface area contributed by atoms with E-state index in [-0.39, 0.29) is 45.7 Å². The van der Waals surface area contributed by atoms with E-state index in [1.807, 2.05) is 0 Å². The van der Waals surface area contributed by atoms with Crippen LogP contribution >= 0.6 is 23.2 Å². The summed E-state index contributed by atoms with van der Waals surface area (Å²) in [6, 6.07) is 8.79. The number of esters is 2. The number of nitrogens with zero attached hydrogens (tertiary/aromatic N) is 1. The summed E-state index contributed by atoms with van der Waals surface area (Å²) in [7, 11) is -1.42. The van der Waals surface area contributed by atoms with E-state index in [1.54, 1.807) is 18.2 Å². The molecule has 188 valence electrons. The number of hydrogen-bond acceptors (Lipinski definition) is 7. The Morgan fingerprint density at radius 3 is 2.14 bits per heavy atom. The van der Waals surface area contributed by atoms with Gasteiger partial charge in [0.15, 0.2) is 0 Å². The van der Waals surface area contributed by atoms with Gasteiger partial charge in [0.25, 0.3) is 0 Å². The van der Waals surface area contributed by atoms with Gasteiger partial charge < -0.3 is 14.8 Å². The van der Waals surface area contributed by atoms with E-state index in [0.717, 1.165) is 0 Å². The summed E-state index contributed by atoms with van der Waals surface area (Å²) in [5.74, 6) is -2.87. The van der Waals surface area contributed by atoms with Crippen molar-refractivity contribution >= 4 is 56.8 Å².